The predicted molar refractivity (Wildman–Crippen MR) is 123 cm³/mol. The molecular weight excluding hydrogens is 457 g/mol. The SMILES string of the molecule is CCNC(=NCC(C(C)C)N1CCOCC1)NCCC(=O)N(CC)CC.I. The van der Waals surface area contributed by atoms with E-state index < -0.39 is 0 Å². The minimum atomic E-state index is 0. The molecule has 0 bridgehead atoms. The van der Waals surface area contributed by atoms with Gasteiger partial charge in [0.05, 0.1) is 19.8 Å². The molecule has 27 heavy (non-hydrogen) atoms. The van der Waals surface area contributed by atoms with E-state index in [4.69, 9.17) is 9.73 Å². The monoisotopic (exact) mass is 497 g/mol. The highest BCUT2D eigenvalue weighted by molar-refractivity contribution is 14.0. The van der Waals surface area contributed by atoms with Gasteiger partial charge in [-0.15, -0.1) is 24.0 Å². The van der Waals surface area contributed by atoms with E-state index in [2.05, 4.69) is 36.3 Å². The van der Waals surface area contributed by atoms with Gasteiger partial charge >= 0.3 is 0 Å². The second kappa shape index (κ2) is 15.3. The molecule has 1 aliphatic rings. The minimum Gasteiger partial charge on any atom is -0.379 e. The Morgan fingerprint density at radius 3 is 2.30 bits per heavy atom. The first kappa shape index (κ1) is 26.4. The molecule has 1 rings (SSSR count). The molecule has 160 valence electrons. The van der Waals surface area contributed by atoms with E-state index in [1.807, 2.05) is 18.7 Å². The summed E-state index contributed by atoms with van der Waals surface area (Å²) in [7, 11) is 0. The van der Waals surface area contributed by atoms with Gasteiger partial charge in [0.1, 0.15) is 0 Å². The Labute approximate surface area is 182 Å². The summed E-state index contributed by atoms with van der Waals surface area (Å²) < 4.78 is 5.47. The van der Waals surface area contributed by atoms with Crippen LogP contribution in [0, 0.1) is 5.92 Å². The van der Waals surface area contributed by atoms with Crippen molar-refractivity contribution in [3.8, 4) is 0 Å². The molecule has 0 aromatic carbocycles. The molecule has 1 heterocycles. The van der Waals surface area contributed by atoms with Crippen molar-refractivity contribution in [1.29, 1.82) is 0 Å². The van der Waals surface area contributed by atoms with Crippen LogP contribution in [0.15, 0.2) is 4.99 Å². The van der Waals surface area contributed by atoms with E-state index in [1.54, 1.807) is 0 Å². The number of aliphatic imine (C=N–C) groups is 1. The Kier molecular flexibility index (Phi) is 15.0. The maximum atomic E-state index is 12.1. The van der Waals surface area contributed by atoms with Crippen molar-refractivity contribution in [2.75, 3.05) is 59.0 Å². The minimum absolute atomic E-state index is 0. The number of carbonyl (C=O) groups excluding carboxylic acids is 1. The zero-order valence-corrected chi connectivity index (χ0v) is 20.1. The van der Waals surface area contributed by atoms with E-state index >= 15 is 0 Å². The van der Waals surface area contributed by atoms with Crippen molar-refractivity contribution >= 4 is 35.8 Å². The number of hydrogen-bond donors (Lipinski definition) is 2. The summed E-state index contributed by atoms with van der Waals surface area (Å²) in [6.07, 6.45) is 0.489. The second-order valence-electron chi connectivity index (χ2n) is 6.92. The number of nitrogens with one attached hydrogen (secondary N) is 2. The first-order valence-electron chi connectivity index (χ1n) is 10.1. The molecular formula is C19H40IN5O2. The lowest BCUT2D eigenvalue weighted by molar-refractivity contribution is -0.130. The maximum Gasteiger partial charge on any atom is 0.224 e. The molecule has 1 atom stereocenters. The van der Waals surface area contributed by atoms with E-state index in [0.29, 0.717) is 24.9 Å². The van der Waals surface area contributed by atoms with Crippen LogP contribution < -0.4 is 10.6 Å². The lowest BCUT2D eigenvalue weighted by Crippen LogP contribution is -2.48. The zero-order valence-electron chi connectivity index (χ0n) is 17.8. The van der Waals surface area contributed by atoms with Gasteiger partial charge in [0.15, 0.2) is 5.96 Å². The number of carbonyl (C=O) groups is 1. The molecule has 1 saturated heterocycles. The number of hydrogen-bond acceptors (Lipinski definition) is 4. The molecule has 0 aliphatic carbocycles. The Balaban J connectivity index is 0.00000676. The van der Waals surface area contributed by atoms with Crippen molar-refractivity contribution in [3.05, 3.63) is 0 Å². The van der Waals surface area contributed by atoms with Gasteiger partial charge in [0, 0.05) is 51.7 Å². The van der Waals surface area contributed by atoms with Gasteiger partial charge in [-0.05, 0) is 26.7 Å². The lowest BCUT2D eigenvalue weighted by atomic mass is 10.0. The van der Waals surface area contributed by atoms with Crippen LogP contribution in [0.5, 0.6) is 0 Å². The third-order valence-electron chi connectivity index (χ3n) is 4.81. The summed E-state index contributed by atoms with van der Waals surface area (Å²) in [6, 6.07) is 0.409. The highest BCUT2D eigenvalue weighted by Crippen LogP contribution is 2.13. The van der Waals surface area contributed by atoms with Crippen molar-refractivity contribution < 1.29 is 9.53 Å². The van der Waals surface area contributed by atoms with E-state index in [9.17, 15) is 4.79 Å². The first-order chi connectivity index (χ1) is 12.5. The summed E-state index contributed by atoms with van der Waals surface area (Å²) in [5.74, 6) is 1.51. The maximum absolute atomic E-state index is 12.1. The Morgan fingerprint density at radius 2 is 1.78 bits per heavy atom. The number of rotatable bonds is 10. The van der Waals surface area contributed by atoms with Crippen LogP contribution in [0.25, 0.3) is 0 Å². The van der Waals surface area contributed by atoms with Crippen molar-refractivity contribution in [1.82, 2.24) is 20.4 Å². The summed E-state index contributed by atoms with van der Waals surface area (Å²) in [5, 5.41) is 6.58. The van der Waals surface area contributed by atoms with E-state index in [0.717, 1.165) is 58.4 Å². The molecule has 1 fully saturated rings. The van der Waals surface area contributed by atoms with Gasteiger partial charge in [-0.1, -0.05) is 13.8 Å². The third kappa shape index (κ3) is 9.94. The quantitative estimate of drug-likeness (QED) is 0.274. The molecule has 0 saturated carbocycles. The number of amides is 1. The van der Waals surface area contributed by atoms with Gasteiger partial charge < -0.3 is 20.3 Å². The van der Waals surface area contributed by atoms with Crippen LogP contribution in [0.3, 0.4) is 0 Å². The molecule has 0 radical (unpaired) electrons. The van der Waals surface area contributed by atoms with Gasteiger partial charge in [-0.3, -0.25) is 14.7 Å². The highest BCUT2D eigenvalue weighted by atomic mass is 127. The van der Waals surface area contributed by atoms with Crippen LogP contribution in [-0.4, -0.2) is 86.7 Å². The lowest BCUT2D eigenvalue weighted by Gasteiger charge is -2.36. The summed E-state index contributed by atoms with van der Waals surface area (Å²) in [6.45, 7) is 17.8. The normalized spacial score (nSPS) is 16.6. The summed E-state index contributed by atoms with van der Waals surface area (Å²) in [4.78, 5) is 21.2. The van der Waals surface area contributed by atoms with Crippen LogP contribution in [0.2, 0.25) is 0 Å². The van der Waals surface area contributed by atoms with E-state index in [1.165, 1.54) is 0 Å². The number of nitrogens with zero attached hydrogens (tertiary/aromatic N) is 3. The summed E-state index contributed by atoms with van der Waals surface area (Å²) in [5.41, 5.74) is 0. The standard InChI is InChI=1S/C19H39N5O2.HI/c1-6-20-19(21-10-9-18(25)23(7-2)8-3)22-15-17(16(4)5)24-11-13-26-14-12-24;/h16-17H,6-15H2,1-5H3,(H2,20,21,22);1H. The molecule has 1 aliphatic heterocycles. The molecule has 1 amide bonds. The topological polar surface area (TPSA) is 69.2 Å². The predicted octanol–water partition coefficient (Wildman–Crippen LogP) is 1.77. The van der Waals surface area contributed by atoms with E-state index in [-0.39, 0.29) is 29.9 Å². The molecule has 2 N–H and O–H groups in total. The van der Waals surface area contributed by atoms with Gasteiger partial charge in [-0.25, -0.2) is 0 Å². The van der Waals surface area contributed by atoms with Crippen LogP contribution >= 0.6 is 24.0 Å². The van der Waals surface area contributed by atoms with Crippen molar-refractivity contribution in [3.63, 3.8) is 0 Å². The Morgan fingerprint density at radius 1 is 1.15 bits per heavy atom. The number of morpholine rings is 1. The van der Waals surface area contributed by atoms with Gasteiger partial charge in [0.25, 0.3) is 0 Å². The highest BCUT2D eigenvalue weighted by Gasteiger charge is 2.23. The Bertz CT molecular complexity index is 424. The van der Waals surface area contributed by atoms with Crippen molar-refractivity contribution in [2.45, 2.75) is 47.1 Å². The smallest absolute Gasteiger partial charge is 0.224 e. The average Bonchev–Trinajstić information content (AvgIpc) is 2.63. The fourth-order valence-corrected chi connectivity index (χ4v) is 3.21. The number of guanidine groups is 1. The fourth-order valence-electron chi connectivity index (χ4n) is 3.21. The summed E-state index contributed by atoms with van der Waals surface area (Å²) >= 11 is 0. The molecule has 8 heteroatoms. The second-order valence-corrected chi connectivity index (χ2v) is 6.92. The average molecular weight is 497 g/mol. The number of ether oxygens (including phenoxy) is 1. The molecule has 0 aromatic heterocycles. The fraction of sp³-hybridized carbons (Fsp3) is 0.895. The molecule has 0 spiro atoms. The van der Waals surface area contributed by atoms with Crippen molar-refractivity contribution in [2.24, 2.45) is 10.9 Å². The first-order valence-corrected chi connectivity index (χ1v) is 10.1. The Hall–Kier alpha value is -0.610. The van der Waals surface area contributed by atoms with Gasteiger partial charge in [-0.2, -0.15) is 0 Å². The largest absolute Gasteiger partial charge is 0.379 e. The van der Waals surface area contributed by atoms with Crippen LogP contribution in [0.1, 0.15) is 41.0 Å². The number of halogens is 1. The van der Waals surface area contributed by atoms with Gasteiger partial charge in [0.2, 0.25) is 5.91 Å². The third-order valence-corrected chi connectivity index (χ3v) is 4.81. The van der Waals surface area contributed by atoms with Crippen LogP contribution in [-0.2, 0) is 9.53 Å². The molecule has 1 unspecified atom stereocenters. The van der Waals surface area contributed by atoms with Crippen LogP contribution in [0.4, 0.5) is 0 Å². The zero-order chi connectivity index (χ0) is 19.4. The molecule has 7 nitrogen and oxygen atoms in total. The molecule has 0 aromatic rings.